The summed E-state index contributed by atoms with van der Waals surface area (Å²) in [6.07, 6.45) is 4.81. The lowest BCUT2D eigenvalue weighted by Crippen LogP contribution is -2.36. The maximum atomic E-state index is 13.1. The van der Waals surface area contributed by atoms with Crippen LogP contribution in [0.1, 0.15) is 24.6 Å². The van der Waals surface area contributed by atoms with E-state index in [9.17, 15) is 9.59 Å². The van der Waals surface area contributed by atoms with E-state index < -0.39 is 0 Å². The molecule has 1 amide bonds. The standard InChI is InChI=1S/C24H22N4O4/c29-23(12-11-22-26-19-9-3-4-10-20(19)32-22)28(14-16-6-5-13-31-16)15-21-25-18-8-2-1-7-17(18)24(30)27-21/h1-4,7-12,16H,5-6,13-15H2,(H,25,27,30)/b12-11+. The molecular weight excluding hydrogens is 408 g/mol. The lowest BCUT2D eigenvalue weighted by atomic mass is 10.2. The molecule has 32 heavy (non-hydrogen) atoms. The van der Waals surface area contributed by atoms with Crippen LogP contribution in [0.4, 0.5) is 0 Å². The minimum atomic E-state index is -0.237. The minimum Gasteiger partial charge on any atom is -0.437 e. The van der Waals surface area contributed by atoms with Crippen LogP contribution in [0.2, 0.25) is 0 Å². The number of aromatic amines is 1. The number of carbonyl (C=O) groups is 1. The number of amides is 1. The smallest absolute Gasteiger partial charge is 0.258 e. The summed E-state index contributed by atoms with van der Waals surface area (Å²) in [5.41, 5.74) is 1.76. The Kier molecular flexibility index (Phi) is 5.51. The van der Waals surface area contributed by atoms with Crippen LogP contribution in [0, 0.1) is 0 Å². The maximum absolute atomic E-state index is 13.1. The highest BCUT2D eigenvalue weighted by atomic mass is 16.5. The zero-order chi connectivity index (χ0) is 21.9. The summed E-state index contributed by atoms with van der Waals surface area (Å²) in [6, 6.07) is 14.6. The van der Waals surface area contributed by atoms with Crippen molar-refractivity contribution >= 4 is 34.0 Å². The van der Waals surface area contributed by atoms with E-state index in [1.165, 1.54) is 6.08 Å². The predicted octanol–water partition coefficient (Wildman–Crippen LogP) is 3.29. The molecule has 0 radical (unpaired) electrons. The first kappa shape index (κ1) is 20.1. The highest BCUT2D eigenvalue weighted by Crippen LogP contribution is 2.17. The van der Waals surface area contributed by atoms with Crippen LogP contribution in [0.5, 0.6) is 0 Å². The maximum Gasteiger partial charge on any atom is 0.258 e. The van der Waals surface area contributed by atoms with Crippen molar-refractivity contribution in [3.63, 3.8) is 0 Å². The molecule has 1 aliphatic heterocycles. The monoisotopic (exact) mass is 430 g/mol. The number of aromatic nitrogens is 3. The molecule has 2 aromatic heterocycles. The fraction of sp³-hybridized carbons (Fsp3) is 0.250. The van der Waals surface area contributed by atoms with Crippen molar-refractivity contribution in [3.05, 3.63) is 76.7 Å². The number of para-hydroxylation sites is 3. The van der Waals surface area contributed by atoms with E-state index in [0.717, 1.165) is 18.4 Å². The summed E-state index contributed by atoms with van der Waals surface area (Å²) in [5, 5.41) is 0.518. The molecule has 0 aliphatic carbocycles. The van der Waals surface area contributed by atoms with Crippen molar-refractivity contribution < 1.29 is 13.9 Å². The molecule has 1 N–H and O–H groups in total. The molecule has 1 atom stereocenters. The van der Waals surface area contributed by atoms with Gasteiger partial charge in [0.15, 0.2) is 5.58 Å². The van der Waals surface area contributed by atoms with Crippen LogP contribution in [0.3, 0.4) is 0 Å². The third kappa shape index (κ3) is 4.31. The van der Waals surface area contributed by atoms with Gasteiger partial charge in [0.05, 0.1) is 23.6 Å². The molecule has 8 heteroatoms. The summed E-state index contributed by atoms with van der Waals surface area (Å²) in [4.78, 5) is 38.8. The van der Waals surface area contributed by atoms with Gasteiger partial charge in [0.25, 0.3) is 5.56 Å². The van der Waals surface area contributed by atoms with Gasteiger partial charge in [-0.15, -0.1) is 0 Å². The van der Waals surface area contributed by atoms with E-state index in [0.29, 0.717) is 41.4 Å². The molecule has 3 heterocycles. The molecule has 4 aromatic rings. The zero-order valence-corrected chi connectivity index (χ0v) is 17.4. The van der Waals surface area contributed by atoms with Crippen molar-refractivity contribution in [1.82, 2.24) is 19.9 Å². The van der Waals surface area contributed by atoms with Gasteiger partial charge in [-0.1, -0.05) is 24.3 Å². The molecule has 1 fully saturated rings. The third-order valence-electron chi connectivity index (χ3n) is 5.44. The number of nitrogens with zero attached hydrogens (tertiary/aromatic N) is 3. The quantitative estimate of drug-likeness (QED) is 0.471. The van der Waals surface area contributed by atoms with Gasteiger partial charge in [-0.3, -0.25) is 9.59 Å². The summed E-state index contributed by atoms with van der Waals surface area (Å²) in [6.45, 7) is 1.26. The van der Waals surface area contributed by atoms with Gasteiger partial charge in [0, 0.05) is 25.3 Å². The molecular formula is C24H22N4O4. The largest absolute Gasteiger partial charge is 0.437 e. The van der Waals surface area contributed by atoms with E-state index in [1.54, 1.807) is 29.2 Å². The van der Waals surface area contributed by atoms with E-state index in [2.05, 4.69) is 15.0 Å². The molecule has 162 valence electrons. The van der Waals surface area contributed by atoms with Crippen LogP contribution in [0.25, 0.3) is 28.1 Å². The molecule has 0 spiro atoms. The summed E-state index contributed by atoms with van der Waals surface area (Å²) < 4.78 is 11.4. The van der Waals surface area contributed by atoms with Crippen molar-refractivity contribution in [1.29, 1.82) is 0 Å². The van der Waals surface area contributed by atoms with Crippen molar-refractivity contribution in [2.45, 2.75) is 25.5 Å². The van der Waals surface area contributed by atoms with Crippen LogP contribution < -0.4 is 5.56 Å². The number of hydrogen-bond acceptors (Lipinski definition) is 6. The number of rotatable bonds is 6. The Morgan fingerprint density at radius 2 is 1.94 bits per heavy atom. The van der Waals surface area contributed by atoms with Crippen molar-refractivity contribution in [2.75, 3.05) is 13.2 Å². The summed E-state index contributed by atoms with van der Waals surface area (Å²) in [7, 11) is 0. The van der Waals surface area contributed by atoms with Gasteiger partial charge in [0.1, 0.15) is 11.3 Å². The number of nitrogens with one attached hydrogen (secondary N) is 1. The predicted molar refractivity (Wildman–Crippen MR) is 120 cm³/mol. The fourth-order valence-corrected chi connectivity index (χ4v) is 3.87. The molecule has 0 bridgehead atoms. The van der Waals surface area contributed by atoms with Crippen LogP contribution in [0.15, 0.2) is 63.8 Å². The SMILES string of the molecule is O=C(/C=C/c1nc2ccccc2o1)N(Cc1nc2ccccc2c(=O)[nH]1)CC1CCCO1. The summed E-state index contributed by atoms with van der Waals surface area (Å²) >= 11 is 0. The average Bonchev–Trinajstić information content (AvgIpc) is 3.46. The van der Waals surface area contributed by atoms with Gasteiger partial charge in [-0.2, -0.15) is 0 Å². The lowest BCUT2D eigenvalue weighted by Gasteiger charge is -2.24. The van der Waals surface area contributed by atoms with E-state index in [1.807, 2.05) is 30.3 Å². The Bertz CT molecular complexity index is 1320. The van der Waals surface area contributed by atoms with Crippen LogP contribution in [-0.4, -0.2) is 45.0 Å². The van der Waals surface area contributed by atoms with Crippen LogP contribution >= 0.6 is 0 Å². The van der Waals surface area contributed by atoms with Gasteiger partial charge in [-0.05, 0) is 37.1 Å². The minimum absolute atomic E-state index is 0.0381. The topological polar surface area (TPSA) is 101 Å². The van der Waals surface area contributed by atoms with Gasteiger partial charge in [-0.25, -0.2) is 9.97 Å². The highest BCUT2D eigenvalue weighted by molar-refractivity contribution is 5.91. The van der Waals surface area contributed by atoms with Gasteiger partial charge < -0.3 is 19.0 Å². The number of carbonyl (C=O) groups excluding carboxylic acids is 1. The van der Waals surface area contributed by atoms with Crippen molar-refractivity contribution in [3.8, 4) is 0 Å². The van der Waals surface area contributed by atoms with Crippen molar-refractivity contribution in [2.24, 2.45) is 0 Å². The van der Waals surface area contributed by atoms with Gasteiger partial charge in [0.2, 0.25) is 11.8 Å². The average molecular weight is 430 g/mol. The molecule has 0 saturated carbocycles. The van der Waals surface area contributed by atoms with E-state index >= 15 is 0 Å². The number of oxazole rings is 1. The number of fused-ring (bicyclic) bond motifs is 2. The number of ether oxygens (including phenoxy) is 1. The highest BCUT2D eigenvalue weighted by Gasteiger charge is 2.22. The fourth-order valence-electron chi connectivity index (χ4n) is 3.87. The normalized spacial score (nSPS) is 16.3. The van der Waals surface area contributed by atoms with Crippen LogP contribution in [-0.2, 0) is 16.1 Å². The van der Waals surface area contributed by atoms with E-state index in [4.69, 9.17) is 9.15 Å². The zero-order valence-electron chi connectivity index (χ0n) is 17.4. The second-order valence-electron chi connectivity index (χ2n) is 7.74. The Balaban J connectivity index is 1.39. The number of hydrogen-bond donors (Lipinski definition) is 1. The Morgan fingerprint density at radius 3 is 2.75 bits per heavy atom. The number of benzene rings is 2. The molecule has 8 nitrogen and oxygen atoms in total. The Morgan fingerprint density at radius 1 is 1.12 bits per heavy atom. The van der Waals surface area contributed by atoms with Gasteiger partial charge >= 0.3 is 0 Å². The first-order valence-electron chi connectivity index (χ1n) is 10.6. The molecule has 1 aliphatic rings. The first-order valence-corrected chi connectivity index (χ1v) is 10.6. The third-order valence-corrected chi connectivity index (χ3v) is 5.44. The molecule has 2 aromatic carbocycles. The Labute approximate surface area is 183 Å². The molecule has 5 rings (SSSR count). The summed E-state index contributed by atoms with van der Waals surface area (Å²) in [5.74, 6) is 0.544. The molecule has 1 unspecified atom stereocenters. The lowest BCUT2D eigenvalue weighted by molar-refractivity contribution is -0.128. The van der Waals surface area contributed by atoms with E-state index in [-0.39, 0.29) is 24.1 Å². The molecule has 1 saturated heterocycles. The number of H-pyrrole nitrogens is 1. The second-order valence-corrected chi connectivity index (χ2v) is 7.74. The first-order chi connectivity index (χ1) is 15.7. The second kappa shape index (κ2) is 8.76. The Hall–Kier alpha value is -3.78.